The fourth-order valence-electron chi connectivity index (χ4n) is 1.60. The summed E-state index contributed by atoms with van der Waals surface area (Å²) in [7, 11) is 3.31. The molecule has 0 fully saturated rings. The van der Waals surface area contributed by atoms with Crippen LogP contribution in [-0.4, -0.2) is 14.2 Å². The number of benzene rings is 2. The van der Waals surface area contributed by atoms with Crippen LogP contribution in [-0.2, 0) is 0 Å². The van der Waals surface area contributed by atoms with E-state index < -0.39 is 0 Å². The monoisotopic (exact) mass is 266 g/mol. The first kappa shape index (κ1) is 10.3. The minimum atomic E-state index is 0.783. The molecule has 15 heavy (non-hydrogen) atoms. The van der Waals surface area contributed by atoms with Crippen molar-refractivity contribution in [1.29, 1.82) is 0 Å². The van der Waals surface area contributed by atoms with Crippen LogP contribution in [0.5, 0.6) is 11.5 Å². The van der Waals surface area contributed by atoms with Crippen molar-refractivity contribution in [3.8, 4) is 11.5 Å². The third-order valence-electron chi connectivity index (χ3n) is 2.35. The second kappa shape index (κ2) is 4.11. The number of hydrogen-bond donors (Lipinski definition) is 0. The maximum atomic E-state index is 5.32. The van der Waals surface area contributed by atoms with Gasteiger partial charge in [-0.05, 0) is 15.9 Å². The first-order chi connectivity index (χ1) is 7.27. The van der Waals surface area contributed by atoms with Crippen molar-refractivity contribution in [1.82, 2.24) is 0 Å². The highest BCUT2D eigenvalue weighted by molar-refractivity contribution is 9.10. The Hall–Kier alpha value is -1.22. The second-order valence-electron chi connectivity index (χ2n) is 3.14. The molecule has 0 saturated carbocycles. The van der Waals surface area contributed by atoms with Gasteiger partial charge in [-0.15, -0.1) is 0 Å². The van der Waals surface area contributed by atoms with E-state index in [-0.39, 0.29) is 0 Å². The molecular weight excluding hydrogens is 256 g/mol. The van der Waals surface area contributed by atoms with E-state index in [0.29, 0.717) is 0 Å². The first-order valence-corrected chi connectivity index (χ1v) is 5.36. The summed E-state index contributed by atoms with van der Waals surface area (Å²) in [5, 5.41) is 2.17. The highest BCUT2D eigenvalue weighted by atomic mass is 79.9. The quantitative estimate of drug-likeness (QED) is 0.827. The van der Waals surface area contributed by atoms with Crippen molar-refractivity contribution in [3.05, 3.63) is 34.8 Å². The fraction of sp³-hybridized carbons (Fsp3) is 0.167. The van der Waals surface area contributed by atoms with Crippen LogP contribution in [0.25, 0.3) is 10.8 Å². The summed E-state index contributed by atoms with van der Waals surface area (Å²) in [5.74, 6) is 1.61. The predicted molar refractivity (Wildman–Crippen MR) is 64.8 cm³/mol. The molecule has 0 amide bonds. The van der Waals surface area contributed by atoms with Crippen molar-refractivity contribution < 1.29 is 9.47 Å². The van der Waals surface area contributed by atoms with E-state index >= 15 is 0 Å². The Labute approximate surface area is 96.9 Å². The summed E-state index contributed by atoms with van der Waals surface area (Å²) in [5.41, 5.74) is 0. The third-order valence-corrected chi connectivity index (χ3v) is 3.17. The molecule has 3 heteroatoms. The Morgan fingerprint density at radius 2 is 1.53 bits per heavy atom. The normalized spacial score (nSPS) is 10.3. The Morgan fingerprint density at radius 3 is 2.13 bits per heavy atom. The molecule has 2 aromatic carbocycles. The lowest BCUT2D eigenvalue weighted by Gasteiger charge is -2.11. The smallest absolute Gasteiger partial charge is 0.137 e. The van der Waals surface area contributed by atoms with Crippen LogP contribution in [0.1, 0.15) is 0 Å². The third kappa shape index (κ3) is 1.67. The SMILES string of the molecule is COc1cc(OC)c2ccccc2c1Br. The van der Waals surface area contributed by atoms with Crippen LogP contribution in [0.2, 0.25) is 0 Å². The van der Waals surface area contributed by atoms with Crippen molar-refractivity contribution in [2.75, 3.05) is 14.2 Å². The van der Waals surface area contributed by atoms with E-state index in [9.17, 15) is 0 Å². The summed E-state index contributed by atoms with van der Waals surface area (Å²) in [6.07, 6.45) is 0. The van der Waals surface area contributed by atoms with Gasteiger partial charge in [0.1, 0.15) is 11.5 Å². The summed E-state index contributed by atoms with van der Waals surface area (Å²) in [6.45, 7) is 0. The van der Waals surface area contributed by atoms with Gasteiger partial charge >= 0.3 is 0 Å². The maximum absolute atomic E-state index is 5.32. The van der Waals surface area contributed by atoms with E-state index in [1.54, 1.807) is 14.2 Å². The topological polar surface area (TPSA) is 18.5 Å². The predicted octanol–water partition coefficient (Wildman–Crippen LogP) is 3.62. The summed E-state index contributed by atoms with van der Waals surface area (Å²) in [6, 6.07) is 9.92. The van der Waals surface area contributed by atoms with Gasteiger partial charge in [0.25, 0.3) is 0 Å². The number of hydrogen-bond acceptors (Lipinski definition) is 2. The molecule has 0 spiro atoms. The van der Waals surface area contributed by atoms with Crippen molar-refractivity contribution in [3.63, 3.8) is 0 Å². The molecule has 0 atom stereocenters. The first-order valence-electron chi connectivity index (χ1n) is 4.57. The molecule has 0 aliphatic rings. The van der Waals surface area contributed by atoms with Crippen LogP contribution < -0.4 is 9.47 Å². The van der Waals surface area contributed by atoms with Crippen molar-refractivity contribution >= 4 is 26.7 Å². The van der Waals surface area contributed by atoms with Crippen molar-refractivity contribution in [2.45, 2.75) is 0 Å². The van der Waals surface area contributed by atoms with Crippen LogP contribution >= 0.6 is 15.9 Å². The Bertz CT molecular complexity index is 494. The van der Waals surface area contributed by atoms with Crippen LogP contribution in [0.15, 0.2) is 34.8 Å². The van der Waals surface area contributed by atoms with Crippen LogP contribution in [0, 0.1) is 0 Å². The number of halogens is 1. The van der Waals surface area contributed by atoms with Gasteiger partial charge in [-0.2, -0.15) is 0 Å². The molecule has 0 N–H and O–H groups in total. The molecule has 0 radical (unpaired) electrons. The number of ether oxygens (including phenoxy) is 2. The fourth-order valence-corrected chi connectivity index (χ4v) is 2.22. The Morgan fingerprint density at radius 1 is 0.933 bits per heavy atom. The number of methoxy groups -OCH3 is 2. The highest BCUT2D eigenvalue weighted by Gasteiger charge is 2.10. The van der Waals surface area contributed by atoms with Gasteiger partial charge in [-0.3, -0.25) is 0 Å². The number of fused-ring (bicyclic) bond motifs is 1. The zero-order valence-electron chi connectivity index (χ0n) is 8.58. The lowest BCUT2D eigenvalue weighted by molar-refractivity contribution is 0.396. The summed E-state index contributed by atoms with van der Waals surface area (Å²) < 4.78 is 11.6. The van der Waals surface area contributed by atoms with E-state index in [4.69, 9.17) is 9.47 Å². The average Bonchev–Trinajstić information content (AvgIpc) is 2.30. The highest BCUT2D eigenvalue weighted by Crippen LogP contribution is 2.38. The van der Waals surface area contributed by atoms with E-state index in [1.807, 2.05) is 30.3 Å². The average molecular weight is 267 g/mol. The zero-order chi connectivity index (χ0) is 10.8. The van der Waals surface area contributed by atoms with Gasteiger partial charge in [-0.25, -0.2) is 0 Å². The van der Waals surface area contributed by atoms with Gasteiger partial charge in [0.2, 0.25) is 0 Å². The molecule has 2 nitrogen and oxygen atoms in total. The molecule has 0 aliphatic heterocycles. The molecule has 2 rings (SSSR count). The molecule has 0 saturated heterocycles. The minimum absolute atomic E-state index is 0.783. The largest absolute Gasteiger partial charge is 0.496 e. The molecular formula is C12H11BrO2. The zero-order valence-corrected chi connectivity index (χ0v) is 10.2. The Kier molecular flexibility index (Phi) is 2.82. The summed E-state index contributed by atoms with van der Waals surface area (Å²) >= 11 is 3.52. The molecule has 0 aliphatic carbocycles. The molecule has 0 unspecified atom stereocenters. The molecule has 78 valence electrons. The molecule has 0 heterocycles. The standard InChI is InChI=1S/C12H11BrO2/c1-14-10-7-11(15-2)12(13)9-6-4-3-5-8(9)10/h3-7H,1-2H3. The van der Waals surface area contributed by atoms with Gasteiger partial charge in [0, 0.05) is 16.8 Å². The maximum Gasteiger partial charge on any atom is 0.137 e. The minimum Gasteiger partial charge on any atom is -0.496 e. The van der Waals surface area contributed by atoms with E-state index in [0.717, 1.165) is 26.7 Å². The van der Waals surface area contributed by atoms with Crippen LogP contribution in [0.4, 0.5) is 0 Å². The Balaban J connectivity index is 2.84. The lowest BCUT2D eigenvalue weighted by atomic mass is 10.1. The number of rotatable bonds is 2. The lowest BCUT2D eigenvalue weighted by Crippen LogP contribution is -1.90. The summed E-state index contributed by atoms with van der Waals surface area (Å²) in [4.78, 5) is 0. The van der Waals surface area contributed by atoms with E-state index in [1.165, 1.54) is 0 Å². The van der Waals surface area contributed by atoms with E-state index in [2.05, 4.69) is 15.9 Å². The molecule has 2 aromatic rings. The van der Waals surface area contributed by atoms with Gasteiger partial charge in [-0.1, -0.05) is 24.3 Å². The molecule has 0 aromatic heterocycles. The van der Waals surface area contributed by atoms with Crippen LogP contribution in [0.3, 0.4) is 0 Å². The van der Waals surface area contributed by atoms with Gasteiger partial charge < -0.3 is 9.47 Å². The molecule has 0 bridgehead atoms. The second-order valence-corrected chi connectivity index (χ2v) is 3.93. The van der Waals surface area contributed by atoms with Crippen molar-refractivity contribution in [2.24, 2.45) is 0 Å². The van der Waals surface area contributed by atoms with Gasteiger partial charge in [0.05, 0.1) is 18.7 Å². The van der Waals surface area contributed by atoms with Gasteiger partial charge in [0.15, 0.2) is 0 Å².